The zero-order valence-corrected chi connectivity index (χ0v) is 19.9. The van der Waals surface area contributed by atoms with E-state index in [9.17, 15) is 9.18 Å². The molecule has 34 heavy (non-hydrogen) atoms. The van der Waals surface area contributed by atoms with Crippen LogP contribution < -0.4 is 4.74 Å². The van der Waals surface area contributed by atoms with E-state index in [1.807, 2.05) is 37.3 Å². The molecule has 4 rings (SSSR count). The second-order valence-electron chi connectivity index (χ2n) is 8.04. The summed E-state index contributed by atoms with van der Waals surface area (Å²) >= 11 is 1.63. The van der Waals surface area contributed by atoms with Gasteiger partial charge < -0.3 is 9.84 Å². The molecule has 0 bridgehead atoms. The number of thiazole rings is 1. The number of hydrogen-bond donors (Lipinski definition) is 1. The summed E-state index contributed by atoms with van der Waals surface area (Å²) in [6, 6.07) is 16.0. The number of benzene rings is 2. The average molecular weight is 477 g/mol. The number of aryl methyl sites for hydroxylation is 3. The summed E-state index contributed by atoms with van der Waals surface area (Å²) in [5.41, 5.74) is 5.65. The summed E-state index contributed by atoms with van der Waals surface area (Å²) in [6.07, 6.45) is 3.12. The van der Waals surface area contributed by atoms with Crippen molar-refractivity contribution in [3.8, 4) is 27.6 Å². The summed E-state index contributed by atoms with van der Waals surface area (Å²) in [5, 5.41) is 9.77. The molecule has 174 valence electrons. The molecule has 0 aliphatic heterocycles. The summed E-state index contributed by atoms with van der Waals surface area (Å²) in [7, 11) is 0. The number of carboxylic acids is 1. The van der Waals surface area contributed by atoms with Crippen LogP contribution in [0.2, 0.25) is 0 Å². The number of carbonyl (C=O) groups is 1. The first kappa shape index (κ1) is 23.6. The third-order valence-corrected chi connectivity index (χ3v) is 6.64. The highest BCUT2D eigenvalue weighted by atomic mass is 32.1. The Morgan fingerprint density at radius 3 is 2.47 bits per heavy atom. The van der Waals surface area contributed by atoms with Crippen molar-refractivity contribution in [1.29, 1.82) is 0 Å². The Hall–Kier alpha value is -3.58. The van der Waals surface area contributed by atoms with Crippen molar-refractivity contribution in [2.24, 2.45) is 0 Å². The predicted molar refractivity (Wildman–Crippen MR) is 132 cm³/mol. The minimum Gasteiger partial charge on any atom is -0.493 e. The monoisotopic (exact) mass is 476 g/mol. The second kappa shape index (κ2) is 10.6. The third kappa shape index (κ3) is 5.85. The maximum Gasteiger partial charge on any atom is 0.303 e. The molecule has 0 aliphatic carbocycles. The Morgan fingerprint density at radius 2 is 1.79 bits per heavy atom. The van der Waals surface area contributed by atoms with Crippen LogP contribution in [0, 0.1) is 19.7 Å². The first-order chi connectivity index (χ1) is 16.4. The standard InChI is InChI=1S/C27H25FN2O3S/c1-17-15-23(10-5-19(17)7-12-26(31)32)33-14-13-24-18(2)34-27(30-24)21-6-11-25(29-16-21)20-3-8-22(28)9-4-20/h3-6,8-11,15-16H,7,12-14H2,1-2H3,(H,31,32). The lowest BCUT2D eigenvalue weighted by Crippen LogP contribution is -2.04. The SMILES string of the molecule is Cc1cc(OCCc2nc(-c3ccc(-c4ccc(F)cc4)nc3)sc2C)ccc1CCC(=O)O. The highest BCUT2D eigenvalue weighted by Crippen LogP contribution is 2.29. The van der Waals surface area contributed by atoms with Crippen LogP contribution in [0.4, 0.5) is 4.39 Å². The quantitative estimate of drug-likeness (QED) is 0.308. The van der Waals surface area contributed by atoms with Gasteiger partial charge in [0.1, 0.15) is 16.6 Å². The van der Waals surface area contributed by atoms with E-state index in [-0.39, 0.29) is 12.2 Å². The Labute approximate surface area is 201 Å². The lowest BCUT2D eigenvalue weighted by atomic mass is 10.0. The Balaban J connectivity index is 1.36. The molecular weight excluding hydrogens is 451 g/mol. The van der Waals surface area contributed by atoms with E-state index in [0.717, 1.165) is 49.3 Å². The van der Waals surface area contributed by atoms with Gasteiger partial charge in [0.15, 0.2) is 0 Å². The topological polar surface area (TPSA) is 72.3 Å². The van der Waals surface area contributed by atoms with Gasteiger partial charge in [0, 0.05) is 35.0 Å². The van der Waals surface area contributed by atoms with Gasteiger partial charge in [-0.3, -0.25) is 9.78 Å². The molecule has 0 aliphatic rings. The number of rotatable bonds is 9. The van der Waals surface area contributed by atoms with Crippen LogP contribution in [0.15, 0.2) is 60.8 Å². The summed E-state index contributed by atoms with van der Waals surface area (Å²) in [6.45, 7) is 4.52. The Bertz CT molecular complexity index is 1280. The fourth-order valence-electron chi connectivity index (χ4n) is 3.64. The minimum atomic E-state index is -0.794. The molecule has 0 fully saturated rings. The number of aliphatic carboxylic acids is 1. The number of halogens is 1. The summed E-state index contributed by atoms with van der Waals surface area (Å²) < 4.78 is 19.1. The molecule has 0 radical (unpaired) electrons. The first-order valence-corrected chi connectivity index (χ1v) is 11.8. The highest BCUT2D eigenvalue weighted by Gasteiger charge is 2.11. The molecule has 5 nitrogen and oxygen atoms in total. The molecule has 0 saturated heterocycles. The van der Waals surface area contributed by atoms with Gasteiger partial charge in [-0.05, 0) is 79.9 Å². The van der Waals surface area contributed by atoms with E-state index in [1.165, 1.54) is 12.1 Å². The van der Waals surface area contributed by atoms with Crippen LogP contribution in [0.25, 0.3) is 21.8 Å². The van der Waals surface area contributed by atoms with E-state index >= 15 is 0 Å². The summed E-state index contributed by atoms with van der Waals surface area (Å²) in [5.74, 6) is -0.291. The molecule has 0 unspecified atom stereocenters. The number of carboxylic acid groups (broad SMARTS) is 1. The maximum atomic E-state index is 13.1. The van der Waals surface area contributed by atoms with Crippen molar-refractivity contribution in [3.05, 3.63) is 88.3 Å². The van der Waals surface area contributed by atoms with Crippen molar-refractivity contribution in [2.75, 3.05) is 6.61 Å². The Kier molecular flexibility index (Phi) is 7.33. The predicted octanol–water partition coefficient (Wildman–Crippen LogP) is 6.27. The van der Waals surface area contributed by atoms with E-state index in [0.29, 0.717) is 19.4 Å². The Morgan fingerprint density at radius 1 is 1.03 bits per heavy atom. The van der Waals surface area contributed by atoms with Crippen LogP contribution in [0.3, 0.4) is 0 Å². The van der Waals surface area contributed by atoms with Crippen molar-refractivity contribution in [1.82, 2.24) is 9.97 Å². The lowest BCUT2D eigenvalue weighted by Gasteiger charge is -2.09. The van der Waals surface area contributed by atoms with E-state index < -0.39 is 5.97 Å². The largest absolute Gasteiger partial charge is 0.493 e. The zero-order valence-electron chi connectivity index (χ0n) is 19.0. The van der Waals surface area contributed by atoms with Gasteiger partial charge >= 0.3 is 5.97 Å². The van der Waals surface area contributed by atoms with Gasteiger partial charge in [-0.15, -0.1) is 11.3 Å². The normalized spacial score (nSPS) is 10.9. The minimum absolute atomic E-state index is 0.122. The van der Waals surface area contributed by atoms with Crippen molar-refractivity contribution in [2.45, 2.75) is 33.1 Å². The number of pyridine rings is 1. The van der Waals surface area contributed by atoms with Gasteiger partial charge in [0.05, 0.1) is 18.0 Å². The van der Waals surface area contributed by atoms with E-state index in [1.54, 1.807) is 29.7 Å². The van der Waals surface area contributed by atoms with E-state index in [2.05, 4.69) is 11.9 Å². The first-order valence-electron chi connectivity index (χ1n) is 11.0. The fourth-order valence-corrected chi connectivity index (χ4v) is 4.59. The molecule has 2 heterocycles. The van der Waals surface area contributed by atoms with E-state index in [4.69, 9.17) is 14.8 Å². The van der Waals surface area contributed by atoms with Crippen molar-refractivity contribution >= 4 is 17.3 Å². The van der Waals surface area contributed by atoms with Crippen LogP contribution in [0.1, 0.15) is 28.1 Å². The number of hydrogen-bond acceptors (Lipinski definition) is 5. The fraction of sp³-hybridized carbons (Fsp3) is 0.222. The zero-order chi connectivity index (χ0) is 24.1. The molecular formula is C27H25FN2O3S. The highest BCUT2D eigenvalue weighted by molar-refractivity contribution is 7.15. The number of aromatic nitrogens is 2. The molecule has 2 aromatic heterocycles. The molecule has 7 heteroatoms. The third-order valence-electron chi connectivity index (χ3n) is 5.57. The van der Waals surface area contributed by atoms with Crippen LogP contribution in [-0.2, 0) is 17.6 Å². The van der Waals surface area contributed by atoms with Crippen LogP contribution in [-0.4, -0.2) is 27.7 Å². The van der Waals surface area contributed by atoms with Gasteiger partial charge in [0.25, 0.3) is 0 Å². The average Bonchev–Trinajstić information content (AvgIpc) is 3.19. The molecule has 2 aromatic carbocycles. The molecule has 0 atom stereocenters. The smallest absolute Gasteiger partial charge is 0.303 e. The molecule has 0 spiro atoms. The lowest BCUT2D eigenvalue weighted by molar-refractivity contribution is -0.136. The van der Waals surface area contributed by atoms with Gasteiger partial charge in [0.2, 0.25) is 0 Å². The molecule has 4 aromatic rings. The van der Waals surface area contributed by atoms with Gasteiger partial charge in [-0.25, -0.2) is 9.37 Å². The van der Waals surface area contributed by atoms with Gasteiger partial charge in [-0.1, -0.05) is 6.07 Å². The maximum absolute atomic E-state index is 13.1. The number of ether oxygens (including phenoxy) is 1. The molecule has 0 saturated carbocycles. The molecule has 1 N–H and O–H groups in total. The summed E-state index contributed by atoms with van der Waals surface area (Å²) in [4.78, 5) is 21.2. The van der Waals surface area contributed by atoms with Crippen LogP contribution >= 0.6 is 11.3 Å². The molecule has 0 amide bonds. The van der Waals surface area contributed by atoms with Crippen LogP contribution in [0.5, 0.6) is 5.75 Å². The number of nitrogens with zero attached hydrogens (tertiary/aromatic N) is 2. The van der Waals surface area contributed by atoms with Gasteiger partial charge in [-0.2, -0.15) is 0 Å². The van der Waals surface area contributed by atoms with Crippen molar-refractivity contribution in [3.63, 3.8) is 0 Å². The second-order valence-corrected chi connectivity index (χ2v) is 9.24. The van der Waals surface area contributed by atoms with Crippen molar-refractivity contribution < 1.29 is 19.0 Å².